The molecule has 1 aromatic carbocycles. The third kappa shape index (κ3) is 2.76. The van der Waals surface area contributed by atoms with Crippen LogP contribution in [0.25, 0.3) is 0 Å². The Balaban J connectivity index is 2.36. The SMILES string of the molecule is Cc1c(F)cc(C#N)cc1NC(=O)c1cnccc1Cl. The van der Waals surface area contributed by atoms with Gasteiger partial charge in [-0.05, 0) is 25.1 Å². The molecule has 0 spiro atoms. The fourth-order valence-electron chi connectivity index (χ4n) is 1.61. The van der Waals surface area contributed by atoms with Crippen LogP contribution in [0, 0.1) is 24.1 Å². The summed E-state index contributed by atoms with van der Waals surface area (Å²) in [5.74, 6) is -1.07. The summed E-state index contributed by atoms with van der Waals surface area (Å²) < 4.78 is 13.6. The zero-order valence-corrected chi connectivity index (χ0v) is 11.2. The number of anilines is 1. The molecule has 0 radical (unpaired) electrons. The summed E-state index contributed by atoms with van der Waals surface area (Å²) >= 11 is 5.89. The summed E-state index contributed by atoms with van der Waals surface area (Å²) in [6.07, 6.45) is 2.78. The summed E-state index contributed by atoms with van der Waals surface area (Å²) in [6, 6.07) is 5.83. The standard InChI is InChI=1S/C14H9ClFN3O/c1-8-12(16)4-9(6-17)5-13(8)19-14(20)10-7-18-3-2-11(10)15/h2-5,7H,1H3,(H,19,20). The Labute approximate surface area is 119 Å². The van der Waals surface area contributed by atoms with Gasteiger partial charge in [0, 0.05) is 23.6 Å². The first-order valence-corrected chi connectivity index (χ1v) is 6.02. The molecule has 1 aromatic heterocycles. The van der Waals surface area contributed by atoms with Gasteiger partial charge in [0.05, 0.1) is 22.2 Å². The Hall–Kier alpha value is -2.45. The highest BCUT2D eigenvalue weighted by atomic mass is 35.5. The third-order valence-electron chi connectivity index (χ3n) is 2.73. The fraction of sp³-hybridized carbons (Fsp3) is 0.0714. The zero-order valence-electron chi connectivity index (χ0n) is 10.4. The van der Waals surface area contributed by atoms with E-state index in [2.05, 4.69) is 10.3 Å². The Kier molecular flexibility index (Phi) is 3.97. The molecule has 0 aliphatic rings. The number of hydrogen-bond donors (Lipinski definition) is 1. The number of carbonyl (C=O) groups excluding carboxylic acids is 1. The molecule has 20 heavy (non-hydrogen) atoms. The quantitative estimate of drug-likeness (QED) is 0.922. The lowest BCUT2D eigenvalue weighted by Gasteiger charge is -2.10. The number of nitrogens with zero attached hydrogens (tertiary/aromatic N) is 2. The molecule has 0 fully saturated rings. The summed E-state index contributed by atoms with van der Waals surface area (Å²) in [5.41, 5.74) is 0.779. The van der Waals surface area contributed by atoms with Crippen molar-refractivity contribution in [3.05, 3.63) is 58.1 Å². The van der Waals surface area contributed by atoms with Crippen molar-refractivity contribution in [1.29, 1.82) is 5.26 Å². The van der Waals surface area contributed by atoms with Crippen LogP contribution in [-0.4, -0.2) is 10.9 Å². The number of aromatic nitrogens is 1. The van der Waals surface area contributed by atoms with Crippen molar-refractivity contribution in [2.45, 2.75) is 6.92 Å². The van der Waals surface area contributed by atoms with E-state index in [0.717, 1.165) is 6.07 Å². The number of carbonyl (C=O) groups is 1. The van der Waals surface area contributed by atoms with Crippen molar-refractivity contribution in [2.24, 2.45) is 0 Å². The second kappa shape index (κ2) is 5.68. The molecule has 0 bridgehead atoms. The molecule has 100 valence electrons. The molecular weight excluding hydrogens is 281 g/mol. The van der Waals surface area contributed by atoms with Gasteiger partial charge in [-0.2, -0.15) is 5.26 Å². The van der Waals surface area contributed by atoms with Gasteiger partial charge in [-0.3, -0.25) is 9.78 Å². The number of nitriles is 1. The van der Waals surface area contributed by atoms with Gasteiger partial charge in [0.15, 0.2) is 0 Å². The maximum atomic E-state index is 13.6. The van der Waals surface area contributed by atoms with Crippen LogP contribution in [-0.2, 0) is 0 Å². The van der Waals surface area contributed by atoms with Gasteiger partial charge in [0.1, 0.15) is 5.82 Å². The Bertz CT molecular complexity index is 725. The third-order valence-corrected chi connectivity index (χ3v) is 3.06. The Morgan fingerprint density at radius 3 is 2.90 bits per heavy atom. The van der Waals surface area contributed by atoms with Crippen molar-refractivity contribution in [3.63, 3.8) is 0 Å². The van der Waals surface area contributed by atoms with E-state index >= 15 is 0 Å². The van der Waals surface area contributed by atoms with Gasteiger partial charge in [0.25, 0.3) is 5.91 Å². The van der Waals surface area contributed by atoms with Crippen LogP contribution in [0.15, 0.2) is 30.6 Å². The van der Waals surface area contributed by atoms with Crippen molar-refractivity contribution in [1.82, 2.24) is 4.98 Å². The van der Waals surface area contributed by atoms with E-state index in [1.165, 1.54) is 31.5 Å². The number of hydrogen-bond acceptors (Lipinski definition) is 3. The summed E-state index contributed by atoms with van der Waals surface area (Å²) in [5, 5.41) is 11.6. The first-order valence-electron chi connectivity index (χ1n) is 5.64. The highest BCUT2D eigenvalue weighted by Gasteiger charge is 2.14. The van der Waals surface area contributed by atoms with E-state index in [0.29, 0.717) is 0 Å². The van der Waals surface area contributed by atoms with Gasteiger partial charge >= 0.3 is 0 Å². The number of amides is 1. The molecule has 1 amide bonds. The number of pyridine rings is 1. The lowest BCUT2D eigenvalue weighted by molar-refractivity contribution is 0.102. The van der Waals surface area contributed by atoms with Gasteiger partial charge in [-0.1, -0.05) is 11.6 Å². The van der Waals surface area contributed by atoms with Gasteiger partial charge in [-0.25, -0.2) is 4.39 Å². The average molecular weight is 290 g/mol. The maximum absolute atomic E-state index is 13.6. The molecule has 0 saturated heterocycles. The molecule has 0 aliphatic heterocycles. The highest BCUT2D eigenvalue weighted by Crippen LogP contribution is 2.22. The Morgan fingerprint density at radius 1 is 1.50 bits per heavy atom. The number of nitrogens with one attached hydrogen (secondary N) is 1. The molecule has 1 heterocycles. The van der Waals surface area contributed by atoms with Crippen LogP contribution in [0.2, 0.25) is 5.02 Å². The van der Waals surface area contributed by atoms with E-state index < -0.39 is 11.7 Å². The minimum atomic E-state index is -0.559. The van der Waals surface area contributed by atoms with Crippen LogP contribution in [0.5, 0.6) is 0 Å². The average Bonchev–Trinajstić information content (AvgIpc) is 2.43. The molecule has 0 atom stereocenters. The number of rotatable bonds is 2. The van der Waals surface area contributed by atoms with Crippen molar-refractivity contribution < 1.29 is 9.18 Å². The van der Waals surface area contributed by atoms with E-state index in [-0.39, 0.29) is 27.4 Å². The zero-order chi connectivity index (χ0) is 14.7. The van der Waals surface area contributed by atoms with Crippen LogP contribution in [0.3, 0.4) is 0 Å². The van der Waals surface area contributed by atoms with Crippen molar-refractivity contribution in [2.75, 3.05) is 5.32 Å². The smallest absolute Gasteiger partial charge is 0.258 e. The van der Waals surface area contributed by atoms with E-state index in [9.17, 15) is 9.18 Å². The molecule has 4 nitrogen and oxygen atoms in total. The van der Waals surface area contributed by atoms with E-state index in [4.69, 9.17) is 16.9 Å². The van der Waals surface area contributed by atoms with Crippen molar-refractivity contribution >= 4 is 23.2 Å². The fourth-order valence-corrected chi connectivity index (χ4v) is 1.80. The predicted octanol–water partition coefficient (Wildman–Crippen LogP) is 3.31. The topological polar surface area (TPSA) is 65.8 Å². The summed E-state index contributed by atoms with van der Waals surface area (Å²) in [6.45, 7) is 1.51. The monoisotopic (exact) mass is 289 g/mol. The second-order valence-electron chi connectivity index (χ2n) is 4.05. The van der Waals surface area contributed by atoms with E-state index in [1.54, 1.807) is 0 Å². The van der Waals surface area contributed by atoms with Crippen LogP contribution in [0.4, 0.5) is 10.1 Å². The minimum Gasteiger partial charge on any atom is -0.322 e. The molecule has 0 unspecified atom stereocenters. The highest BCUT2D eigenvalue weighted by molar-refractivity contribution is 6.34. The predicted molar refractivity (Wildman–Crippen MR) is 73.1 cm³/mol. The van der Waals surface area contributed by atoms with Crippen molar-refractivity contribution in [3.8, 4) is 6.07 Å². The summed E-state index contributed by atoms with van der Waals surface area (Å²) in [4.78, 5) is 15.9. The molecule has 2 rings (SSSR count). The molecule has 1 N–H and O–H groups in total. The van der Waals surface area contributed by atoms with Crippen LogP contribution < -0.4 is 5.32 Å². The molecule has 6 heteroatoms. The summed E-state index contributed by atoms with van der Waals surface area (Å²) in [7, 11) is 0. The largest absolute Gasteiger partial charge is 0.322 e. The Morgan fingerprint density at radius 2 is 2.25 bits per heavy atom. The lowest BCUT2D eigenvalue weighted by atomic mass is 10.1. The normalized spacial score (nSPS) is 9.90. The van der Waals surface area contributed by atoms with Gasteiger partial charge in [0.2, 0.25) is 0 Å². The maximum Gasteiger partial charge on any atom is 0.258 e. The number of halogens is 2. The molecule has 0 saturated carbocycles. The minimum absolute atomic E-state index is 0.126. The van der Waals surface area contributed by atoms with Crippen LogP contribution >= 0.6 is 11.6 Å². The second-order valence-corrected chi connectivity index (χ2v) is 4.46. The van der Waals surface area contributed by atoms with E-state index in [1.807, 2.05) is 6.07 Å². The molecule has 2 aromatic rings. The number of benzene rings is 1. The van der Waals surface area contributed by atoms with Gasteiger partial charge < -0.3 is 5.32 Å². The van der Waals surface area contributed by atoms with Crippen LogP contribution in [0.1, 0.15) is 21.5 Å². The molecule has 0 aliphatic carbocycles. The lowest BCUT2D eigenvalue weighted by Crippen LogP contribution is -2.14. The first kappa shape index (κ1) is 14.0. The molecular formula is C14H9ClFN3O. The first-order chi connectivity index (χ1) is 9.52. The van der Waals surface area contributed by atoms with Gasteiger partial charge in [-0.15, -0.1) is 0 Å².